The van der Waals surface area contributed by atoms with Gasteiger partial charge in [-0.05, 0) is 31.5 Å². The zero-order valence-corrected chi connectivity index (χ0v) is 8.10. The summed E-state index contributed by atoms with van der Waals surface area (Å²) < 4.78 is 41.6. The van der Waals surface area contributed by atoms with Crippen LogP contribution in [-0.4, -0.2) is 13.1 Å². The van der Waals surface area contributed by atoms with Crippen LogP contribution in [0.15, 0.2) is 16.5 Å². The lowest BCUT2D eigenvalue weighted by atomic mass is 9.97. The molecule has 1 fully saturated rings. The summed E-state index contributed by atoms with van der Waals surface area (Å²) in [4.78, 5) is 0. The standard InChI is InChI=1S/C10H12F3NO/c11-10(12,13)9-4-3-8(15-9)7-2-1-5-14-6-7/h3-4,7,14H,1-2,5-6H2. The highest BCUT2D eigenvalue weighted by Gasteiger charge is 2.35. The summed E-state index contributed by atoms with van der Waals surface area (Å²) in [6, 6.07) is 2.43. The van der Waals surface area contributed by atoms with Gasteiger partial charge in [0.1, 0.15) is 5.76 Å². The number of hydrogen-bond acceptors (Lipinski definition) is 2. The molecule has 1 aliphatic rings. The smallest absolute Gasteiger partial charge is 0.449 e. The average molecular weight is 219 g/mol. The van der Waals surface area contributed by atoms with E-state index < -0.39 is 11.9 Å². The number of halogens is 3. The molecular weight excluding hydrogens is 207 g/mol. The van der Waals surface area contributed by atoms with Gasteiger partial charge >= 0.3 is 6.18 Å². The molecule has 1 aromatic rings. The summed E-state index contributed by atoms with van der Waals surface area (Å²) in [5.41, 5.74) is 0. The number of rotatable bonds is 1. The van der Waals surface area contributed by atoms with Gasteiger partial charge in [-0.3, -0.25) is 0 Å². The first-order chi connectivity index (χ1) is 7.07. The number of nitrogens with one attached hydrogen (secondary N) is 1. The third kappa shape index (κ3) is 2.34. The van der Waals surface area contributed by atoms with Gasteiger partial charge in [0.05, 0.1) is 0 Å². The summed E-state index contributed by atoms with van der Waals surface area (Å²) >= 11 is 0. The molecule has 1 aromatic heterocycles. The lowest BCUT2D eigenvalue weighted by molar-refractivity contribution is -0.153. The molecule has 2 nitrogen and oxygen atoms in total. The van der Waals surface area contributed by atoms with E-state index in [4.69, 9.17) is 4.42 Å². The molecule has 1 unspecified atom stereocenters. The van der Waals surface area contributed by atoms with Gasteiger partial charge in [0.25, 0.3) is 0 Å². The topological polar surface area (TPSA) is 25.2 Å². The van der Waals surface area contributed by atoms with Crippen LogP contribution in [0, 0.1) is 0 Å². The number of piperidine rings is 1. The first-order valence-electron chi connectivity index (χ1n) is 4.95. The van der Waals surface area contributed by atoms with E-state index in [-0.39, 0.29) is 5.92 Å². The lowest BCUT2D eigenvalue weighted by Gasteiger charge is -2.20. The second-order valence-electron chi connectivity index (χ2n) is 3.74. The first kappa shape index (κ1) is 10.5. The van der Waals surface area contributed by atoms with Crippen molar-refractivity contribution in [2.45, 2.75) is 24.9 Å². The van der Waals surface area contributed by atoms with Crippen LogP contribution in [0.3, 0.4) is 0 Å². The van der Waals surface area contributed by atoms with Crippen molar-refractivity contribution >= 4 is 0 Å². The van der Waals surface area contributed by atoms with Crippen LogP contribution in [-0.2, 0) is 6.18 Å². The highest BCUT2D eigenvalue weighted by molar-refractivity contribution is 5.14. The molecule has 84 valence electrons. The molecule has 15 heavy (non-hydrogen) atoms. The molecule has 1 atom stereocenters. The molecule has 0 spiro atoms. The fourth-order valence-electron chi connectivity index (χ4n) is 1.82. The van der Waals surface area contributed by atoms with Gasteiger partial charge in [-0.1, -0.05) is 0 Å². The van der Waals surface area contributed by atoms with E-state index in [1.165, 1.54) is 6.07 Å². The molecule has 2 rings (SSSR count). The number of hydrogen-bond donors (Lipinski definition) is 1. The molecule has 1 saturated heterocycles. The maximum Gasteiger partial charge on any atom is 0.449 e. The van der Waals surface area contributed by atoms with Crippen LogP contribution in [0.25, 0.3) is 0 Å². The van der Waals surface area contributed by atoms with E-state index in [1.807, 2.05) is 0 Å². The molecular formula is C10H12F3NO. The van der Waals surface area contributed by atoms with Gasteiger partial charge in [0.2, 0.25) is 5.76 Å². The van der Waals surface area contributed by atoms with E-state index in [0.29, 0.717) is 12.3 Å². The van der Waals surface area contributed by atoms with Crippen LogP contribution in [0.2, 0.25) is 0 Å². The maximum atomic E-state index is 12.3. The third-order valence-corrected chi connectivity index (χ3v) is 2.61. The number of furan rings is 1. The van der Waals surface area contributed by atoms with Crippen molar-refractivity contribution < 1.29 is 17.6 Å². The van der Waals surface area contributed by atoms with E-state index in [2.05, 4.69) is 5.32 Å². The Morgan fingerprint density at radius 1 is 1.33 bits per heavy atom. The molecule has 5 heteroatoms. The Morgan fingerprint density at radius 3 is 2.67 bits per heavy atom. The van der Waals surface area contributed by atoms with Crippen LogP contribution in [0.5, 0.6) is 0 Å². The minimum absolute atomic E-state index is 0.0786. The van der Waals surface area contributed by atoms with Gasteiger partial charge in [-0.2, -0.15) is 13.2 Å². The molecule has 1 N–H and O–H groups in total. The summed E-state index contributed by atoms with van der Waals surface area (Å²) in [5.74, 6) is -0.382. The highest BCUT2D eigenvalue weighted by atomic mass is 19.4. The minimum Gasteiger partial charge on any atom is -0.456 e. The van der Waals surface area contributed by atoms with Gasteiger partial charge in [-0.15, -0.1) is 0 Å². The predicted octanol–water partition coefficient (Wildman–Crippen LogP) is 2.77. The maximum absolute atomic E-state index is 12.3. The fraction of sp³-hybridized carbons (Fsp3) is 0.600. The van der Waals surface area contributed by atoms with Crippen molar-refractivity contribution in [3.05, 3.63) is 23.7 Å². The van der Waals surface area contributed by atoms with E-state index in [9.17, 15) is 13.2 Å². The Kier molecular flexibility index (Phi) is 2.73. The molecule has 0 radical (unpaired) electrons. The normalized spacial score (nSPS) is 23.0. The highest BCUT2D eigenvalue weighted by Crippen LogP contribution is 2.33. The first-order valence-corrected chi connectivity index (χ1v) is 4.95. The quantitative estimate of drug-likeness (QED) is 0.785. The molecule has 0 bridgehead atoms. The van der Waals surface area contributed by atoms with E-state index in [0.717, 1.165) is 25.5 Å². The van der Waals surface area contributed by atoms with Crippen molar-refractivity contribution in [1.82, 2.24) is 5.32 Å². The lowest BCUT2D eigenvalue weighted by Crippen LogP contribution is -2.28. The largest absolute Gasteiger partial charge is 0.456 e. The Hall–Kier alpha value is -0.970. The van der Waals surface area contributed by atoms with Crippen LogP contribution >= 0.6 is 0 Å². The second kappa shape index (κ2) is 3.89. The van der Waals surface area contributed by atoms with Crippen molar-refractivity contribution in [2.75, 3.05) is 13.1 Å². The SMILES string of the molecule is FC(F)(F)c1ccc(C2CCCNC2)o1. The van der Waals surface area contributed by atoms with Crippen molar-refractivity contribution in [3.63, 3.8) is 0 Å². The molecule has 1 aliphatic heterocycles. The average Bonchev–Trinajstić information content (AvgIpc) is 2.67. The molecule has 0 saturated carbocycles. The zero-order valence-electron chi connectivity index (χ0n) is 8.10. The van der Waals surface area contributed by atoms with Crippen molar-refractivity contribution in [3.8, 4) is 0 Å². The molecule has 0 amide bonds. The molecule has 0 aliphatic carbocycles. The summed E-state index contributed by atoms with van der Waals surface area (Å²) in [5, 5.41) is 3.14. The molecule has 2 heterocycles. The minimum atomic E-state index is -4.37. The van der Waals surface area contributed by atoms with Crippen molar-refractivity contribution in [2.24, 2.45) is 0 Å². The van der Waals surface area contributed by atoms with Gasteiger partial charge in [-0.25, -0.2) is 0 Å². The Morgan fingerprint density at radius 2 is 2.13 bits per heavy atom. The molecule has 0 aromatic carbocycles. The Labute approximate surface area is 85.5 Å². The Balaban J connectivity index is 2.12. The van der Waals surface area contributed by atoms with Crippen LogP contribution in [0.1, 0.15) is 30.3 Å². The monoisotopic (exact) mass is 219 g/mol. The van der Waals surface area contributed by atoms with Gasteiger partial charge < -0.3 is 9.73 Å². The summed E-state index contributed by atoms with van der Waals surface area (Å²) in [6.07, 6.45) is -2.51. The van der Waals surface area contributed by atoms with E-state index in [1.54, 1.807) is 0 Å². The third-order valence-electron chi connectivity index (χ3n) is 2.61. The number of alkyl halides is 3. The van der Waals surface area contributed by atoms with Gasteiger partial charge in [0, 0.05) is 12.5 Å². The summed E-state index contributed by atoms with van der Waals surface area (Å²) in [6.45, 7) is 1.63. The van der Waals surface area contributed by atoms with Crippen LogP contribution < -0.4 is 5.32 Å². The zero-order chi connectivity index (χ0) is 10.9. The summed E-state index contributed by atoms with van der Waals surface area (Å²) in [7, 11) is 0. The van der Waals surface area contributed by atoms with Gasteiger partial charge in [0.15, 0.2) is 0 Å². The fourth-order valence-corrected chi connectivity index (χ4v) is 1.82. The Bertz CT molecular complexity index is 326. The van der Waals surface area contributed by atoms with E-state index >= 15 is 0 Å². The predicted molar refractivity (Wildman–Crippen MR) is 48.6 cm³/mol. The second-order valence-corrected chi connectivity index (χ2v) is 3.74. The van der Waals surface area contributed by atoms with Crippen LogP contribution in [0.4, 0.5) is 13.2 Å². The van der Waals surface area contributed by atoms with Crippen molar-refractivity contribution in [1.29, 1.82) is 0 Å².